The van der Waals surface area contributed by atoms with Gasteiger partial charge in [0.15, 0.2) is 0 Å². The Morgan fingerprint density at radius 3 is 2.41 bits per heavy atom. The van der Waals surface area contributed by atoms with E-state index >= 15 is 0 Å². The summed E-state index contributed by atoms with van der Waals surface area (Å²) in [6, 6.07) is 7.63. The minimum absolute atomic E-state index is 0.0135. The van der Waals surface area contributed by atoms with Gasteiger partial charge in [-0.05, 0) is 37.6 Å². The SMILES string of the molecule is CN1c2ccc([N+](=O)[O-])cc2C(C)(C)C12C=Cc1cc([N+](=O)[O-])cc(CCl)c1O2. The van der Waals surface area contributed by atoms with Gasteiger partial charge in [-0.25, -0.2) is 0 Å². The Labute approximate surface area is 171 Å². The van der Waals surface area contributed by atoms with Crippen molar-refractivity contribution in [3.05, 3.63) is 73.3 Å². The molecule has 8 nitrogen and oxygen atoms in total. The third kappa shape index (κ3) is 2.52. The van der Waals surface area contributed by atoms with Crippen molar-refractivity contribution in [2.45, 2.75) is 30.9 Å². The maximum absolute atomic E-state index is 11.3. The standard InChI is InChI=1S/C20H18ClN3O5/c1-19(2)16-10-14(23(25)26)4-5-17(16)22(3)20(19)7-6-12-8-15(24(27)28)9-13(11-21)18(12)29-20/h4-10H,11H2,1-3H3. The molecule has 0 aliphatic carbocycles. The number of alkyl halides is 1. The summed E-state index contributed by atoms with van der Waals surface area (Å²) < 4.78 is 6.51. The number of nitro benzene ring substituents is 2. The van der Waals surface area contributed by atoms with Crippen molar-refractivity contribution in [3.8, 4) is 5.75 Å². The number of likely N-dealkylation sites (N-methyl/N-ethyl adjacent to an activating group) is 1. The van der Waals surface area contributed by atoms with E-state index in [1.165, 1.54) is 18.2 Å². The number of fused-ring (bicyclic) bond motifs is 2. The second-order valence-corrected chi connectivity index (χ2v) is 7.96. The Kier molecular flexibility index (Phi) is 4.09. The Hall–Kier alpha value is -3.13. The number of benzene rings is 2. The summed E-state index contributed by atoms with van der Waals surface area (Å²) in [6.07, 6.45) is 3.64. The van der Waals surface area contributed by atoms with Crippen molar-refractivity contribution in [1.29, 1.82) is 0 Å². The van der Waals surface area contributed by atoms with Gasteiger partial charge in [0.1, 0.15) is 5.75 Å². The highest BCUT2D eigenvalue weighted by Crippen LogP contribution is 2.55. The number of nitrogens with zero attached hydrogens (tertiary/aromatic N) is 3. The molecule has 0 fully saturated rings. The lowest BCUT2D eigenvalue weighted by molar-refractivity contribution is -0.385. The lowest BCUT2D eigenvalue weighted by Gasteiger charge is -2.46. The number of anilines is 1. The van der Waals surface area contributed by atoms with Crippen molar-refractivity contribution in [3.63, 3.8) is 0 Å². The summed E-state index contributed by atoms with van der Waals surface area (Å²) in [4.78, 5) is 23.6. The molecular formula is C20H18ClN3O5. The van der Waals surface area contributed by atoms with Crippen LogP contribution in [0.3, 0.4) is 0 Å². The topological polar surface area (TPSA) is 98.8 Å². The van der Waals surface area contributed by atoms with Crippen LogP contribution in [-0.4, -0.2) is 22.6 Å². The Balaban J connectivity index is 1.88. The molecule has 0 saturated carbocycles. The molecule has 2 aromatic rings. The van der Waals surface area contributed by atoms with E-state index < -0.39 is 21.0 Å². The van der Waals surface area contributed by atoms with Crippen molar-refractivity contribution in [2.75, 3.05) is 11.9 Å². The van der Waals surface area contributed by atoms with Gasteiger partial charge in [-0.2, -0.15) is 0 Å². The quantitative estimate of drug-likeness (QED) is 0.406. The molecule has 4 rings (SSSR count). The average molecular weight is 416 g/mol. The number of hydrogen-bond acceptors (Lipinski definition) is 6. The molecule has 1 unspecified atom stereocenters. The number of non-ortho nitro benzene ring substituents is 2. The molecule has 2 aliphatic rings. The van der Waals surface area contributed by atoms with Crippen LogP contribution >= 0.6 is 11.6 Å². The van der Waals surface area contributed by atoms with Gasteiger partial charge in [-0.15, -0.1) is 11.6 Å². The smallest absolute Gasteiger partial charge is 0.270 e. The number of hydrogen-bond donors (Lipinski definition) is 0. The first-order valence-electron chi connectivity index (χ1n) is 8.90. The summed E-state index contributed by atoms with van der Waals surface area (Å²) in [5.74, 6) is 0.534. The third-order valence-electron chi connectivity index (χ3n) is 5.90. The summed E-state index contributed by atoms with van der Waals surface area (Å²) in [5.41, 5.74) is 1.05. The molecule has 2 heterocycles. The lowest BCUT2D eigenvalue weighted by Crippen LogP contribution is -2.58. The first kappa shape index (κ1) is 19.2. The van der Waals surface area contributed by atoms with E-state index in [4.69, 9.17) is 16.3 Å². The molecule has 0 amide bonds. The highest BCUT2D eigenvalue weighted by molar-refractivity contribution is 6.17. The first-order valence-corrected chi connectivity index (χ1v) is 9.44. The van der Waals surface area contributed by atoms with E-state index in [9.17, 15) is 20.2 Å². The normalized spacial score (nSPS) is 20.9. The Bertz CT molecular complexity index is 1100. The number of halogens is 1. The van der Waals surface area contributed by atoms with Crippen molar-refractivity contribution in [2.24, 2.45) is 0 Å². The number of nitro groups is 2. The van der Waals surface area contributed by atoms with Gasteiger partial charge in [0, 0.05) is 48.1 Å². The Morgan fingerprint density at radius 1 is 1.10 bits per heavy atom. The van der Waals surface area contributed by atoms with Crippen LogP contribution in [0.4, 0.5) is 17.1 Å². The molecule has 1 atom stereocenters. The maximum Gasteiger partial charge on any atom is 0.270 e. The zero-order valence-electron chi connectivity index (χ0n) is 16.0. The van der Waals surface area contributed by atoms with E-state index in [1.807, 2.05) is 31.9 Å². The zero-order valence-corrected chi connectivity index (χ0v) is 16.8. The molecule has 0 saturated heterocycles. The largest absolute Gasteiger partial charge is 0.462 e. The maximum atomic E-state index is 11.3. The molecular weight excluding hydrogens is 398 g/mol. The minimum Gasteiger partial charge on any atom is -0.462 e. The zero-order chi connectivity index (χ0) is 21.1. The van der Waals surface area contributed by atoms with Crippen LogP contribution in [0.1, 0.15) is 30.5 Å². The van der Waals surface area contributed by atoms with Crippen LogP contribution in [0.15, 0.2) is 36.4 Å². The van der Waals surface area contributed by atoms with Crippen molar-refractivity contribution >= 4 is 34.7 Å². The van der Waals surface area contributed by atoms with Gasteiger partial charge < -0.3 is 9.64 Å². The molecule has 0 bridgehead atoms. The average Bonchev–Trinajstić information content (AvgIpc) is 2.85. The van der Waals surface area contributed by atoms with E-state index in [1.54, 1.807) is 18.2 Å². The number of ether oxygens (including phenoxy) is 1. The van der Waals surface area contributed by atoms with Gasteiger partial charge in [0.2, 0.25) is 5.72 Å². The van der Waals surface area contributed by atoms with E-state index in [0.717, 1.165) is 11.3 Å². The van der Waals surface area contributed by atoms with Gasteiger partial charge in [0.05, 0.1) is 21.1 Å². The Morgan fingerprint density at radius 2 is 1.79 bits per heavy atom. The van der Waals surface area contributed by atoms with Gasteiger partial charge in [-0.3, -0.25) is 20.2 Å². The molecule has 9 heteroatoms. The molecule has 1 spiro atoms. The summed E-state index contributed by atoms with van der Waals surface area (Å²) in [5, 5.41) is 22.5. The van der Waals surface area contributed by atoms with Crippen molar-refractivity contribution in [1.82, 2.24) is 0 Å². The second-order valence-electron chi connectivity index (χ2n) is 7.69. The second kappa shape index (κ2) is 6.18. The predicted octanol–water partition coefficient (Wildman–Crippen LogP) is 4.77. The summed E-state index contributed by atoms with van der Waals surface area (Å²) >= 11 is 6.07. The fourth-order valence-corrected chi connectivity index (χ4v) is 4.48. The molecule has 0 radical (unpaired) electrons. The van der Waals surface area contributed by atoms with Crippen molar-refractivity contribution < 1.29 is 14.6 Å². The molecule has 150 valence electrons. The molecule has 0 N–H and O–H groups in total. The van der Waals surface area contributed by atoms with Crippen LogP contribution in [0.5, 0.6) is 5.75 Å². The monoisotopic (exact) mass is 415 g/mol. The van der Waals surface area contributed by atoms with Gasteiger partial charge in [0.25, 0.3) is 11.4 Å². The van der Waals surface area contributed by atoms with Gasteiger partial charge >= 0.3 is 0 Å². The van der Waals surface area contributed by atoms with Crippen LogP contribution in [0, 0.1) is 20.2 Å². The predicted molar refractivity (Wildman–Crippen MR) is 110 cm³/mol. The molecule has 2 aliphatic heterocycles. The highest BCUT2D eigenvalue weighted by atomic mass is 35.5. The fourth-order valence-electron chi connectivity index (χ4n) is 4.28. The highest BCUT2D eigenvalue weighted by Gasteiger charge is 2.58. The van der Waals surface area contributed by atoms with Crippen LogP contribution in [0.2, 0.25) is 0 Å². The fraction of sp³-hybridized carbons (Fsp3) is 0.300. The number of rotatable bonds is 3. The van der Waals surface area contributed by atoms with E-state index in [0.29, 0.717) is 16.9 Å². The lowest BCUT2D eigenvalue weighted by atomic mass is 9.76. The van der Waals surface area contributed by atoms with E-state index in [-0.39, 0.29) is 17.3 Å². The first-order chi connectivity index (χ1) is 13.6. The van der Waals surface area contributed by atoms with E-state index in [2.05, 4.69) is 0 Å². The summed E-state index contributed by atoms with van der Waals surface area (Å²) in [7, 11) is 1.86. The summed E-state index contributed by atoms with van der Waals surface area (Å²) in [6.45, 7) is 3.92. The van der Waals surface area contributed by atoms with Crippen LogP contribution < -0.4 is 9.64 Å². The van der Waals surface area contributed by atoms with Crippen LogP contribution in [0.25, 0.3) is 6.08 Å². The minimum atomic E-state index is -0.964. The third-order valence-corrected chi connectivity index (χ3v) is 6.19. The van der Waals surface area contributed by atoms with Gasteiger partial charge in [-0.1, -0.05) is 0 Å². The molecule has 29 heavy (non-hydrogen) atoms. The molecule has 0 aromatic heterocycles. The van der Waals surface area contributed by atoms with Crippen LogP contribution in [-0.2, 0) is 11.3 Å². The molecule has 2 aromatic carbocycles.